The summed E-state index contributed by atoms with van der Waals surface area (Å²) in [6, 6.07) is 39.1. The lowest BCUT2D eigenvalue weighted by molar-refractivity contribution is -0.0506. The molecule has 3 aliphatic carbocycles. The third-order valence-corrected chi connectivity index (χ3v) is 9.63. The van der Waals surface area contributed by atoms with Crippen molar-refractivity contribution in [2.24, 2.45) is 23.7 Å². The summed E-state index contributed by atoms with van der Waals surface area (Å²) >= 11 is 0. The van der Waals surface area contributed by atoms with Gasteiger partial charge in [0.2, 0.25) is 0 Å². The zero-order valence-corrected chi connectivity index (χ0v) is 22.3. The first-order valence-electron chi connectivity index (χ1n) is 14.3. The fraction of sp³-hybridized carbons (Fsp3) is 0.278. The molecule has 4 heteroatoms. The molecule has 0 aromatic heterocycles. The molecule has 6 atom stereocenters. The van der Waals surface area contributed by atoms with E-state index in [1.807, 2.05) is 48.5 Å². The second kappa shape index (κ2) is 10.1. The predicted octanol–water partition coefficient (Wildman–Crippen LogP) is 7.10. The van der Waals surface area contributed by atoms with Crippen molar-refractivity contribution in [2.75, 3.05) is 0 Å². The van der Waals surface area contributed by atoms with Gasteiger partial charge in [0.05, 0.1) is 16.5 Å². The van der Waals surface area contributed by atoms with Crippen LogP contribution in [0.3, 0.4) is 0 Å². The maximum atomic E-state index is 13.8. The Morgan fingerprint density at radius 1 is 0.575 bits per heavy atom. The van der Waals surface area contributed by atoms with Gasteiger partial charge in [0.25, 0.3) is 0 Å². The molecule has 0 amide bonds. The molecule has 4 nitrogen and oxygen atoms in total. The quantitative estimate of drug-likeness (QED) is 0.251. The van der Waals surface area contributed by atoms with Gasteiger partial charge in [-0.25, -0.2) is 9.59 Å². The van der Waals surface area contributed by atoms with Crippen molar-refractivity contribution in [3.63, 3.8) is 0 Å². The van der Waals surface area contributed by atoms with Crippen LogP contribution in [0.25, 0.3) is 0 Å². The summed E-state index contributed by atoms with van der Waals surface area (Å²) < 4.78 is 13.1. The highest BCUT2D eigenvalue weighted by molar-refractivity contribution is 5.90. The average molecular weight is 529 g/mol. The molecule has 40 heavy (non-hydrogen) atoms. The first-order valence-corrected chi connectivity index (χ1v) is 14.3. The Bertz CT molecular complexity index is 1450. The molecule has 7 rings (SSSR count). The van der Waals surface area contributed by atoms with Gasteiger partial charge in [-0.2, -0.15) is 0 Å². The van der Waals surface area contributed by atoms with Crippen molar-refractivity contribution in [3.05, 3.63) is 144 Å². The first kappa shape index (κ1) is 24.8. The summed E-state index contributed by atoms with van der Waals surface area (Å²) in [6.07, 6.45) is 2.13. The number of esters is 2. The maximum Gasteiger partial charge on any atom is 0.338 e. The van der Waals surface area contributed by atoms with E-state index in [4.69, 9.17) is 9.47 Å². The Morgan fingerprint density at radius 2 is 1.02 bits per heavy atom. The Morgan fingerprint density at radius 3 is 1.55 bits per heavy atom. The first-order chi connectivity index (χ1) is 19.7. The lowest BCUT2D eigenvalue weighted by Gasteiger charge is -2.43. The van der Waals surface area contributed by atoms with E-state index in [-0.39, 0.29) is 17.8 Å². The normalized spacial score (nSPS) is 27.6. The number of ether oxygens (including phenoxy) is 2. The Hall–Kier alpha value is -4.18. The molecule has 0 radical (unpaired) electrons. The van der Waals surface area contributed by atoms with Gasteiger partial charge in [-0.15, -0.1) is 0 Å². The van der Waals surface area contributed by atoms with Gasteiger partial charge in [-0.3, -0.25) is 0 Å². The van der Waals surface area contributed by atoms with Gasteiger partial charge in [-0.05, 0) is 72.4 Å². The molecule has 4 aromatic carbocycles. The standard InChI is InChI=1S/C36H32O4/c37-34(24-13-5-1-6-14-24)39-32-30-26-21-22-27(23-26)31(30)36(28-17-9-3-10-18-28,29-19-11-4-12-20-29)33(32)40-35(38)25-15-7-2-8-16-25/h1-20,26-27,30-33H,21-23H2. The number of fused-ring (bicyclic) bond motifs is 5. The highest BCUT2D eigenvalue weighted by Crippen LogP contribution is 2.68. The second-order valence-electron chi connectivity index (χ2n) is 11.5. The van der Waals surface area contributed by atoms with Crippen molar-refractivity contribution < 1.29 is 19.1 Å². The van der Waals surface area contributed by atoms with E-state index in [2.05, 4.69) is 48.5 Å². The molecule has 0 N–H and O–H groups in total. The topological polar surface area (TPSA) is 52.6 Å². The molecule has 0 aliphatic heterocycles. The van der Waals surface area contributed by atoms with Crippen LogP contribution in [0.5, 0.6) is 0 Å². The fourth-order valence-corrected chi connectivity index (χ4v) is 8.27. The minimum Gasteiger partial charge on any atom is -0.454 e. The molecular formula is C36H32O4. The SMILES string of the molecule is O=C(OC1C2C3CCC(C3)C2C(c2ccccc2)(c2ccccc2)C1OC(=O)c1ccccc1)c1ccccc1. The fourth-order valence-electron chi connectivity index (χ4n) is 8.27. The van der Waals surface area contributed by atoms with Crippen LogP contribution >= 0.6 is 0 Å². The van der Waals surface area contributed by atoms with Crippen LogP contribution in [0.2, 0.25) is 0 Å². The number of hydrogen-bond acceptors (Lipinski definition) is 4. The predicted molar refractivity (Wildman–Crippen MR) is 153 cm³/mol. The van der Waals surface area contributed by atoms with Crippen LogP contribution < -0.4 is 0 Å². The van der Waals surface area contributed by atoms with Crippen molar-refractivity contribution in [3.8, 4) is 0 Å². The molecule has 3 fully saturated rings. The molecule has 3 saturated carbocycles. The summed E-state index contributed by atoms with van der Waals surface area (Å²) in [5, 5.41) is 0. The summed E-state index contributed by atoms with van der Waals surface area (Å²) in [5.41, 5.74) is 2.55. The zero-order valence-electron chi connectivity index (χ0n) is 22.3. The Labute approximate surface area is 235 Å². The van der Waals surface area contributed by atoms with E-state index in [9.17, 15) is 9.59 Å². The van der Waals surface area contributed by atoms with E-state index >= 15 is 0 Å². The average Bonchev–Trinajstić information content (AvgIpc) is 3.71. The van der Waals surface area contributed by atoms with Crippen molar-refractivity contribution in [1.82, 2.24) is 0 Å². The zero-order chi connectivity index (χ0) is 27.1. The van der Waals surface area contributed by atoms with Gasteiger partial charge in [-0.1, -0.05) is 97.1 Å². The number of rotatable bonds is 6. The lowest BCUT2D eigenvalue weighted by atomic mass is 9.61. The largest absolute Gasteiger partial charge is 0.454 e. The van der Waals surface area contributed by atoms with Gasteiger partial charge >= 0.3 is 11.9 Å². The van der Waals surface area contributed by atoms with Gasteiger partial charge in [0.15, 0.2) is 6.10 Å². The van der Waals surface area contributed by atoms with Crippen molar-refractivity contribution >= 4 is 11.9 Å². The van der Waals surface area contributed by atoms with E-state index in [1.165, 1.54) is 0 Å². The van der Waals surface area contributed by atoms with E-state index in [0.717, 1.165) is 30.4 Å². The Balaban J connectivity index is 1.43. The molecule has 200 valence electrons. The number of benzene rings is 4. The molecule has 0 saturated heterocycles. The number of hydrogen-bond donors (Lipinski definition) is 0. The number of carbonyl (C=O) groups excluding carboxylic acids is 2. The minimum absolute atomic E-state index is 0.0976. The molecule has 6 unspecified atom stereocenters. The summed E-state index contributed by atoms with van der Waals surface area (Å²) in [7, 11) is 0. The Kier molecular flexibility index (Phi) is 6.27. The molecule has 0 spiro atoms. The minimum atomic E-state index is -0.684. The number of carbonyl (C=O) groups is 2. The van der Waals surface area contributed by atoms with Crippen LogP contribution in [0.4, 0.5) is 0 Å². The maximum absolute atomic E-state index is 13.8. The van der Waals surface area contributed by atoms with Crippen LogP contribution in [0, 0.1) is 23.7 Å². The lowest BCUT2D eigenvalue weighted by Crippen LogP contribution is -2.49. The van der Waals surface area contributed by atoms with Crippen molar-refractivity contribution in [1.29, 1.82) is 0 Å². The molecule has 0 heterocycles. The highest BCUT2D eigenvalue weighted by atomic mass is 16.6. The molecule has 3 aliphatic rings. The van der Waals surface area contributed by atoms with Crippen molar-refractivity contribution in [2.45, 2.75) is 36.9 Å². The van der Waals surface area contributed by atoms with Crippen LogP contribution in [-0.2, 0) is 14.9 Å². The van der Waals surface area contributed by atoms with Crippen LogP contribution in [0.15, 0.2) is 121 Å². The second-order valence-corrected chi connectivity index (χ2v) is 11.5. The van der Waals surface area contributed by atoms with Gasteiger partial charge < -0.3 is 9.47 Å². The summed E-state index contributed by atoms with van der Waals surface area (Å²) in [6.45, 7) is 0. The monoisotopic (exact) mass is 528 g/mol. The van der Waals surface area contributed by atoms with E-state index < -0.39 is 23.6 Å². The third-order valence-electron chi connectivity index (χ3n) is 9.63. The van der Waals surface area contributed by atoms with E-state index in [1.54, 1.807) is 24.3 Å². The highest BCUT2D eigenvalue weighted by Gasteiger charge is 2.71. The van der Waals surface area contributed by atoms with Crippen LogP contribution in [-0.4, -0.2) is 24.1 Å². The molecule has 2 bridgehead atoms. The van der Waals surface area contributed by atoms with Gasteiger partial charge in [0, 0.05) is 5.92 Å². The molecule has 4 aromatic rings. The van der Waals surface area contributed by atoms with Crippen LogP contribution in [0.1, 0.15) is 51.1 Å². The smallest absolute Gasteiger partial charge is 0.338 e. The summed E-state index contributed by atoms with van der Waals surface area (Å²) in [4.78, 5) is 27.4. The van der Waals surface area contributed by atoms with E-state index in [0.29, 0.717) is 23.0 Å². The molecular weight excluding hydrogens is 496 g/mol. The van der Waals surface area contributed by atoms with Gasteiger partial charge in [0.1, 0.15) is 6.10 Å². The third kappa shape index (κ3) is 3.89. The summed E-state index contributed by atoms with van der Waals surface area (Å²) in [5.74, 6) is 0.405.